The second-order valence-electron chi connectivity index (χ2n) is 4.54. The lowest BCUT2D eigenvalue weighted by Crippen LogP contribution is -2.06. The van der Waals surface area contributed by atoms with Crippen molar-refractivity contribution in [1.82, 2.24) is 0 Å². The molecule has 0 aromatic heterocycles. The molecular formula is C16H16BrCl. The highest BCUT2D eigenvalue weighted by atomic mass is 79.9. The summed E-state index contributed by atoms with van der Waals surface area (Å²) in [7, 11) is 0. The van der Waals surface area contributed by atoms with Crippen LogP contribution in [0.5, 0.6) is 0 Å². The summed E-state index contributed by atoms with van der Waals surface area (Å²) in [5.41, 5.74) is 3.99. The van der Waals surface area contributed by atoms with Crippen molar-refractivity contribution in [2.24, 2.45) is 0 Å². The Morgan fingerprint density at radius 1 is 1.11 bits per heavy atom. The molecule has 0 radical (unpaired) electrons. The van der Waals surface area contributed by atoms with E-state index in [1.54, 1.807) is 0 Å². The lowest BCUT2D eigenvalue weighted by atomic mass is 9.91. The molecule has 0 fully saturated rings. The van der Waals surface area contributed by atoms with Crippen LogP contribution in [-0.4, -0.2) is 5.88 Å². The zero-order valence-electron chi connectivity index (χ0n) is 10.4. The van der Waals surface area contributed by atoms with Gasteiger partial charge in [-0.2, -0.15) is 0 Å². The standard InChI is InChI=1S/C16H16BrCl/c1-12-5-2-3-8-16(12)14(11-18)9-13-6-4-7-15(17)10-13/h2-8,10,14H,9,11H2,1H3. The summed E-state index contributed by atoms with van der Waals surface area (Å²) >= 11 is 9.66. The zero-order valence-corrected chi connectivity index (χ0v) is 12.7. The molecule has 0 bridgehead atoms. The van der Waals surface area contributed by atoms with Gasteiger partial charge in [-0.3, -0.25) is 0 Å². The molecule has 0 N–H and O–H groups in total. The zero-order chi connectivity index (χ0) is 13.0. The Hall–Kier alpha value is -0.790. The van der Waals surface area contributed by atoms with Crippen LogP contribution in [0.2, 0.25) is 0 Å². The van der Waals surface area contributed by atoms with Crippen LogP contribution in [0.15, 0.2) is 53.0 Å². The number of hydrogen-bond acceptors (Lipinski definition) is 0. The van der Waals surface area contributed by atoms with Crippen molar-refractivity contribution >= 4 is 27.5 Å². The van der Waals surface area contributed by atoms with Gasteiger partial charge in [-0.05, 0) is 42.2 Å². The van der Waals surface area contributed by atoms with Gasteiger partial charge in [0.15, 0.2) is 0 Å². The van der Waals surface area contributed by atoms with E-state index in [2.05, 4.69) is 65.3 Å². The van der Waals surface area contributed by atoms with Gasteiger partial charge in [0.05, 0.1) is 0 Å². The van der Waals surface area contributed by atoms with Gasteiger partial charge in [0, 0.05) is 16.3 Å². The molecule has 2 aromatic rings. The van der Waals surface area contributed by atoms with E-state index in [9.17, 15) is 0 Å². The normalized spacial score (nSPS) is 12.4. The van der Waals surface area contributed by atoms with Gasteiger partial charge in [-0.25, -0.2) is 0 Å². The minimum absolute atomic E-state index is 0.377. The van der Waals surface area contributed by atoms with Gasteiger partial charge in [0.1, 0.15) is 0 Å². The quantitative estimate of drug-likeness (QED) is 0.668. The predicted octanol–water partition coefficient (Wildman–Crippen LogP) is 5.32. The van der Waals surface area contributed by atoms with Gasteiger partial charge >= 0.3 is 0 Å². The van der Waals surface area contributed by atoms with Gasteiger partial charge in [0.25, 0.3) is 0 Å². The molecule has 0 nitrogen and oxygen atoms in total. The highest BCUT2D eigenvalue weighted by molar-refractivity contribution is 9.10. The minimum Gasteiger partial charge on any atom is -0.126 e. The first-order chi connectivity index (χ1) is 8.70. The average molecular weight is 324 g/mol. The number of hydrogen-bond donors (Lipinski definition) is 0. The molecule has 18 heavy (non-hydrogen) atoms. The number of halogens is 2. The number of aryl methyl sites for hydroxylation is 1. The second kappa shape index (κ2) is 6.40. The van der Waals surface area contributed by atoms with Crippen LogP contribution in [0.4, 0.5) is 0 Å². The molecule has 2 heteroatoms. The molecule has 2 aromatic carbocycles. The Kier molecular flexibility index (Phi) is 4.85. The molecular weight excluding hydrogens is 308 g/mol. The molecule has 0 saturated carbocycles. The van der Waals surface area contributed by atoms with Gasteiger partial charge in [0.2, 0.25) is 0 Å². The van der Waals surface area contributed by atoms with Gasteiger partial charge in [-0.1, -0.05) is 52.3 Å². The molecule has 0 amide bonds. The van der Waals surface area contributed by atoms with E-state index in [4.69, 9.17) is 11.6 Å². The first kappa shape index (κ1) is 13.6. The molecule has 0 heterocycles. The second-order valence-corrected chi connectivity index (χ2v) is 5.77. The number of benzene rings is 2. The first-order valence-corrected chi connectivity index (χ1v) is 7.39. The fourth-order valence-corrected chi connectivity index (χ4v) is 2.96. The summed E-state index contributed by atoms with van der Waals surface area (Å²) < 4.78 is 1.12. The van der Waals surface area contributed by atoms with Gasteiger partial charge < -0.3 is 0 Å². The molecule has 0 saturated heterocycles. The molecule has 1 unspecified atom stereocenters. The van der Waals surface area contributed by atoms with Crippen LogP contribution in [0.1, 0.15) is 22.6 Å². The summed E-state index contributed by atoms with van der Waals surface area (Å²) in [6.45, 7) is 2.15. The van der Waals surface area contributed by atoms with Crippen molar-refractivity contribution in [2.75, 3.05) is 5.88 Å². The van der Waals surface area contributed by atoms with Crippen molar-refractivity contribution in [3.05, 3.63) is 69.7 Å². The highest BCUT2D eigenvalue weighted by Gasteiger charge is 2.13. The monoisotopic (exact) mass is 322 g/mol. The Bertz CT molecular complexity index is 522. The van der Waals surface area contributed by atoms with Crippen LogP contribution < -0.4 is 0 Å². The van der Waals surface area contributed by atoms with Crippen molar-refractivity contribution < 1.29 is 0 Å². The average Bonchev–Trinajstić information content (AvgIpc) is 2.37. The Balaban J connectivity index is 2.23. The van der Waals surface area contributed by atoms with E-state index in [0.717, 1.165) is 10.9 Å². The molecule has 0 aliphatic rings. The lowest BCUT2D eigenvalue weighted by molar-refractivity contribution is 0.760. The molecule has 94 valence electrons. The van der Waals surface area contributed by atoms with Crippen molar-refractivity contribution in [3.63, 3.8) is 0 Å². The van der Waals surface area contributed by atoms with Crippen LogP contribution >= 0.6 is 27.5 Å². The molecule has 0 aliphatic carbocycles. The Morgan fingerprint density at radius 3 is 2.56 bits per heavy atom. The topological polar surface area (TPSA) is 0 Å². The van der Waals surface area contributed by atoms with E-state index in [1.165, 1.54) is 16.7 Å². The van der Waals surface area contributed by atoms with E-state index >= 15 is 0 Å². The third kappa shape index (κ3) is 3.37. The van der Waals surface area contributed by atoms with Crippen LogP contribution in [0, 0.1) is 6.92 Å². The molecule has 1 atom stereocenters. The van der Waals surface area contributed by atoms with Crippen LogP contribution in [-0.2, 0) is 6.42 Å². The van der Waals surface area contributed by atoms with Crippen molar-refractivity contribution in [2.45, 2.75) is 19.3 Å². The summed E-state index contributed by atoms with van der Waals surface area (Å²) in [5, 5.41) is 0. The fourth-order valence-electron chi connectivity index (χ4n) is 2.24. The maximum Gasteiger partial charge on any atom is 0.0295 e. The van der Waals surface area contributed by atoms with Crippen molar-refractivity contribution in [1.29, 1.82) is 0 Å². The highest BCUT2D eigenvalue weighted by Crippen LogP contribution is 2.26. The lowest BCUT2D eigenvalue weighted by Gasteiger charge is -2.17. The largest absolute Gasteiger partial charge is 0.126 e. The maximum atomic E-state index is 6.15. The van der Waals surface area contributed by atoms with E-state index in [1.807, 2.05) is 6.07 Å². The maximum absolute atomic E-state index is 6.15. The smallest absolute Gasteiger partial charge is 0.0295 e. The Labute approximate surface area is 122 Å². The van der Waals surface area contributed by atoms with Crippen LogP contribution in [0.3, 0.4) is 0 Å². The van der Waals surface area contributed by atoms with E-state index < -0.39 is 0 Å². The Morgan fingerprint density at radius 2 is 1.89 bits per heavy atom. The molecule has 0 aliphatic heterocycles. The molecule has 2 rings (SSSR count). The van der Waals surface area contributed by atoms with E-state index in [0.29, 0.717) is 11.8 Å². The van der Waals surface area contributed by atoms with Gasteiger partial charge in [-0.15, -0.1) is 11.6 Å². The molecule has 0 spiro atoms. The van der Waals surface area contributed by atoms with Crippen molar-refractivity contribution in [3.8, 4) is 0 Å². The third-order valence-electron chi connectivity index (χ3n) is 3.19. The fraction of sp³-hybridized carbons (Fsp3) is 0.250. The summed E-state index contributed by atoms with van der Waals surface area (Å²) in [6.07, 6.45) is 0.980. The SMILES string of the molecule is Cc1ccccc1C(CCl)Cc1cccc(Br)c1. The first-order valence-electron chi connectivity index (χ1n) is 6.06. The summed E-state index contributed by atoms with van der Waals surface area (Å²) in [4.78, 5) is 0. The third-order valence-corrected chi connectivity index (χ3v) is 4.05. The van der Waals surface area contributed by atoms with Crippen LogP contribution in [0.25, 0.3) is 0 Å². The number of rotatable bonds is 4. The summed E-state index contributed by atoms with van der Waals surface area (Å²) in [6, 6.07) is 16.9. The minimum atomic E-state index is 0.377. The van der Waals surface area contributed by atoms with E-state index in [-0.39, 0.29) is 0 Å². The summed E-state index contributed by atoms with van der Waals surface area (Å²) in [5.74, 6) is 1.03. The predicted molar refractivity (Wildman–Crippen MR) is 82.5 cm³/mol. The number of alkyl halides is 1.